The summed E-state index contributed by atoms with van der Waals surface area (Å²) >= 11 is 0. The minimum absolute atomic E-state index is 0.0410. The molecule has 0 saturated carbocycles. The molecule has 0 bridgehead atoms. The number of carboxylic acids is 1. The summed E-state index contributed by atoms with van der Waals surface area (Å²) in [6, 6.07) is -0.169. The van der Waals surface area contributed by atoms with E-state index < -0.39 is 11.4 Å². The van der Waals surface area contributed by atoms with Crippen molar-refractivity contribution in [2.75, 3.05) is 19.6 Å². The van der Waals surface area contributed by atoms with Crippen LogP contribution in [0, 0.1) is 11.3 Å². The van der Waals surface area contributed by atoms with E-state index in [-0.39, 0.29) is 30.3 Å². The van der Waals surface area contributed by atoms with Gasteiger partial charge in [0.1, 0.15) is 6.54 Å². The van der Waals surface area contributed by atoms with Gasteiger partial charge in [-0.15, -0.1) is 0 Å². The lowest BCUT2D eigenvalue weighted by Gasteiger charge is -2.38. The third kappa shape index (κ3) is 4.71. The van der Waals surface area contributed by atoms with Gasteiger partial charge in [-0.3, -0.25) is 14.4 Å². The highest BCUT2D eigenvalue weighted by Gasteiger charge is 2.35. The molecule has 22 heavy (non-hydrogen) atoms. The van der Waals surface area contributed by atoms with Crippen LogP contribution >= 0.6 is 0 Å². The van der Waals surface area contributed by atoms with Crippen molar-refractivity contribution in [1.82, 2.24) is 9.80 Å². The summed E-state index contributed by atoms with van der Waals surface area (Å²) in [5.74, 6) is -1.44. The molecule has 6 nitrogen and oxygen atoms in total. The Morgan fingerprint density at radius 1 is 1.27 bits per heavy atom. The molecule has 126 valence electrons. The van der Waals surface area contributed by atoms with Gasteiger partial charge >= 0.3 is 5.97 Å². The van der Waals surface area contributed by atoms with E-state index in [1.54, 1.807) is 4.90 Å². The van der Waals surface area contributed by atoms with Crippen molar-refractivity contribution in [2.45, 2.75) is 53.5 Å². The van der Waals surface area contributed by atoms with E-state index >= 15 is 0 Å². The van der Waals surface area contributed by atoms with Gasteiger partial charge < -0.3 is 14.9 Å². The lowest BCUT2D eigenvalue weighted by atomic mass is 9.90. The van der Waals surface area contributed by atoms with E-state index in [0.29, 0.717) is 19.5 Å². The molecule has 1 fully saturated rings. The van der Waals surface area contributed by atoms with Gasteiger partial charge in [-0.25, -0.2) is 0 Å². The van der Waals surface area contributed by atoms with Crippen LogP contribution < -0.4 is 0 Å². The lowest BCUT2D eigenvalue weighted by Crippen LogP contribution is -2.51. The summed E-state index contributed by atoms with van der Waals surface area (Å²) in [7, 11) is 0. The predicted octanol–water partition coefficient (Wildman–Crippen LogP) is 1.59. The van der Waals surface area contributed by atoms with Crippen LogP contribution in [0.3, 0.4) is 0 Å². The van der Waals surface area contributed by atoms with E-state index in [4.69, 9.17) is 5.11 Å². The summed E-state index contributed by atoms with van der Waals surface area (Å²) in [6.07, 6.45) is 1.48. The van der Waals surface area contributed by atoms with Gasteiger partial charge in [-0.05, 0) is 26.7 Å². The Balaban J connectivity index is 2.80. The summed E-state index contributed by atoms with van der Waals surface area (Å²) in [5, 5.41) is 8.97. The first kappa shape index (κ1) is 18.5. The topological polar surface area (TPSA) is 77.9 Å². The zero-order chi connectivity index (χ0) is 17.1. The Morgan fingerprint density at radius 2 is 1.86 bits per heavy atom. The van der Waals surface area contributed by atoms with Crippen molar-refractivity contribution in [2.24, 2.45) is 11.3 Å². The van der Waals surface area contributed by atoms with E-state index in [0.717, 1.165) is 6.42 Å². The maximum Gasteiger partial charge on any atom is 0.323 e. The molecule has 0 aromatic heterocycles. The third-order valence-electron chi connectivity index (χ3n) is 3.91. The molecule has 1 saturated heterocycles. The van der Waals surface area contributed by atoms with Gasteiger partial charge in [-0.2, -0.15) is 0 Å². The van der Waals surface area contributed by atoms with Gasteiger partial charge in [0.25, 0.3) is 0 Å². The predicted molar refractivity (Wildman–Crippen MR) is 83.2 cm³/mol. The first-order valence-corrected chi connectivity index (χ1v) is 7.85. The van der Waals surface area contributed by atoms with E-state index in [1.807, 2.05) is 34.6 Å². The number of amides is 2. The second kappa shape index (κ2) is 7.11. The molecule has 6 heteroatoms. The molecule has 0 radical (unpaired) electrons. The zero-order valence-electron chi connectivity index (χ0n) is 14.3. The van der Waals surface area contributed by atoms with Crippen molar-refractivity contribution >= 4 is 17.8 Å². The van der Waals surface area contributed by atoms with Crippen LogP contribution in [0.4, 0.5) is 0 Å². The third-order valence-corrected chi connectivity index (χ3v) is 3.91. The standard InChI is InChI=1S/C16H28N2O4/c1-11(2)18(10-13(19)20)14(21)12-7-6-8-17(9-12)15(22)16(3,4)5/h11-12H,6-10H2,1-5H3,(H,19,20). The van der Waals surface area contributed by atoms with Crippen molar-refractivity contribution in [3.05, 3.63) is 0 Å². The molecule has 1 atom stereocenters. The van der Waals surface area contributed by atoms with Gasteiger partial charge in [0.15, 0.2) is 0 Å². The monoisotopic (exact) mass is 312 g/mol. The molecule has 1 rings (SSSR count). The highest BCUT2D eigenvalue weighted by molar-refractivity contribution is 5.85. The lowest BCUT2D eigenvalue weighted by molar-refractivity contribution is -0.151. The maximum atomic E-state index is 12.6. The number of likely N-dealkylation sites (tertiary alicyclic amines) is 1. The van der Waals surface area contributed by atoms with Gasteiger partial charge in [0, 0.05) is 24.5 Å². The van der Waals surface area contributed by atoms with Crippen molar-refractivity contribution in [1.29, 1.82) is 0 Å². The first-order valence-electron chi connectivity index (χ1n) is 7.85. The number of carbonyl (C=O) groups excluding carboxylic acids is 2. The highest BCUT2D eigenvalue weighted by Crippen LogP contribution is 2.25. The van der Waals surface area contributed by atoms with Crippen LogP contribution in [0.5, 0.6) is 0 Å². The molecule has 0 spiro atoms. The minimum atomic E-state index is -1.01. The van der Waals surface area contributed by atoms with Crippen LogP contribution in [-0.4, -0.2) is 58.4 Å². The minimum Gasteiger partial charge on any atom is -0.480 e. The van der Waals surface area contributed by atoms with Crippen LogP contribution in [-0.2, 0) is 14.4 Å². The number of aliphatic carboxylic acids is 1. The fourth-order valence-corrected chi connectivity index (χ4v) is 2.73. The Bertz CT molecular complexity index is 440. The number of piperidine rings is 1. The summed E-state index contributed by atoms with van der Waals surface area (Å²) in [4.78, 5) is 39.1. The number of carbonyl (C=O) groups is 3. The van der Waals surface area contributed by atoms with Gasteiger partial charge in [0.05, 0.1) is 5.92 Å². The maximum absolute atomic E-state index is 12.6. The second-order valence-electron chi connectivity index (χ2n) is 7.29. The Labute approximate surface area is 132 Å². The smallest absolute Gasteiger partial charge is 0.323 e. The molecule has 1 N–H and O–H groups in total. The molecule has 1 heterocycles. The highest BCUT2D eigenvalue weighted by atomic mass is 16.4. The van der Waals surface area contributed by atoms with Gasteiger partial charge in [0.2, 0.25) is 11.8 Å². The fraction of sp³-hybridized carbons (Fsp3) is 0.812. The molecule has 0 aliphatic carbocycles. The van der Waals surface area contributed by atoms with E-state index in [2.05, 4.69) is 0 Å². The number of hydrogen-bond acceptors (Lipinski definition) is 3. The Hall–Kier alpha value is -1.59. The van der Waals surface area contributed by atoms with Crippen LogP contribution in [0.2, 0.25) is 0 Å². The van der Waals surface area contributed by atoms with Crippen LogP contribution in [0.25, 0.3) is 0 Å². The van der Waals surface area contributed by atoms with Crippen molar-refractivity contribution in [3.63, 3.8) is 0 Å². The number of hydrogen-bond donors (Lipinski definition) is 1. The molecular weight excluding hydrogens is 284 g/mol. The summed E-state index contributed by atoms with van der Waals surface area (Å²) in [6.45, 7) is 9.98. The molecule has 0 aromatic carbocycles. The van der Waals surface area contributed by atoms with Crippen LogP contribution in [0.1, 0.15) is 47.5 Å². The number of nitrogens with zero attached hydrogens (tertiary/aromatic N) is 2. The number of carboxylic acid groups (broad SMARTS) is 1. The van der Waals surface area contributed by atoms with Gasteiger partial charge in [-0.1, -0.05) is 20.8 Å². The van der Waals surface area contributed by atoms with Crippen molar-refractivity contribution in [3.8, 4) is 0 Å². The Morgan fingerprint density at radius 3 is 2.32 bits per heavy atom. The van der Waals surface area contributed by atoms with Crippen molar-refractivity contribution < 1.29 is 19.5 Å². The van der Waals surface area contributed by atoms with E-state index in [9.17, 15) is 14.4 Å². The molecule has 1 aliphatic rings. The summed E-state index contributed by atoms with van der Waals surface area (Å²) in [5.41, 5.74) is -0.469. The summed E-state index contributed by atoms with van der Waals surface area (Å²) < 4.78 is 0. The molecule has 1 unspecified atom stereocenters. The zero-order valence-corrected chi connectivity index (χ0v) is 14.3. The van der Waals surface area contributed by atoms with E-state index in [1.165, 1.54) is 4.90 Å². The SMILES string of the molecule is CC(C)N(CC(=O)O)C(=O)C1CCCN(C(=O)C(C)(C)C)C1. The largest absolute Gasteiger partial charge is 0.480 e. The average molecular weight is 312 g/mol. The quantitative estimate of drug-likeness (QED) is 0.855. The fourth-order valence-electron chi connectivity index (χ4n) is 2.73. The second-order valence-corrected chi connectivity index (χ2v) is 7.29. The normalized spacial score (nSPS) is 19.2. The average Bonchev–Trinajstić information content (AvgIpc) is 2.42. The Kier molecular flexibility index (Phi) is 5.97. The molecular formula is C16H28N2O4. The molecule has 1 aliphatic heterocycles. The van der Waals surface area contributed by atoms with Crippen LogP contribution in [0.15, 0.2) is 0 Å². The molecule has 2 amide bonds. The molecule has 0 aromatic rings. The first-order chi connectivity index (χ1) is 10.0. The number of rotatable bonds is 4.